The Morgan fingerprint density at radius 1 is 0.778 bits per heavy atom. The van der Waals surface area contributed by atoms with E-state index in [-0.39, 0.29) is 27.9 Å². The maximum absolute atomic E-state index is 13.8. The number of phenols is 2. The third-order valence-electron chi connectivity index (χ3n) is 8.82. The van der Waals surface area contributed by atoms with Crippen LogP contribution in [0.3, 0.4) is 0 Å². The summed E-state index contributed by atoms with van der Waals surface area (Å²) in [6.45, 7) is 3.75. The molecule has 36 heavy (non-hydrogen) atoms. The quantitative estimate of drug-likeness (QED) is 0.353. The monoisotopic (exact) mass is 485 g/mol. The lowest BCUT2D eigenvalue weighted by Gasteiger charge is -2.38. The normalized spacial score (nSPS) is 24.2. The molecule has 7 heteroatoms. The molecule has 7 rings (SSSR count). The second-order valence-electron chi connectivity index (χ2n) is 10.8. The molecular weight excluding hydrogens is 456 g/mol. The van der Waals surface area contributed by atoms with Crippen LogP contribution in [0.4, 0.5) is 5.69 Å². The van der Waals surface area contributed by atoms with Crippen molar-refractivity contribution in [3.8, 4) is 11.5 Å². The van der Waals surface area contributed by atoms with E-state index in [1.54, 1.807) is 12.1 Å². The lowest BCUT2D eigenvalue weighted by Crippen LogP contribution is -2.44. The van der Waals surface area contributed by atoms with Crippen LogP contribution >= 0.6 is 0 Å². The number of benzene rings is 2. The molecule has 2 aromatic carbocycles. The smallest absolute Gasteiger partial charge is 0.234 e. The second-order valence-corrected chi connectivity index (χ2v) is 10.8. The molecule has 0 amide bonds. The molecule has 0 spiro atoms. The van der Waals surface area contributed by atoms with Crippen molar-refractivity contribution in [2.75, 3.05) is 31.1 Å². The summed E-state index contributed by atoms with van der Waals surface area (Å²) in [5.41, 5.74) is 4.68. The Bertz CT molecular complexity index is 1530. The number of carbonyl (C=O) groups is 3. The summed E-state index contributed by atoms with van der Waals surface area (Å²) >= 11 is 0. The summed E-state index contributed by atoms with van der Waals surface area (Å²) in [5, 5.41) is 23.7. The zero-order valence-corrected chi connectivity index (χ0v) is 20.2. The zero-order valence-electron chi connectivity index (χ0n) is 20.2. The fraction of sp³-hybridized carbons (Fsp3) is 0.448. The predicted octanol–water partition coefficient (Wildman–Crippen LogP) is 0.835. The largest absolute Gasteiger partial charge is 0.507 e. The summed E-state index contributed by atoms with van der Waals surface area (Å²) in [6, 6.07) is 3.53. The van der Waals surface area contributed by atoms with Crippen molar-refractivity contribution in [1.82, 2.24) is 4.58 Å². The van der Waals surface area contributed by atoms with E-state index in [2.05, 4.69) is 9.48 Å². The van der Waals surface area contributed by atoms with Gasteiger partial charge in [0.05, 0.1) is 11.1 Å². The van der Waals surface area contributed by atoms with Gasteiger partial charge >= 0.3 is 0 Å². The number of phenolic OH excluding ortho intramolecular Hbond substituents is 2. The number of carbonyl (C=O) groups excluding carboxylic acids is 3. The van der Waals surface area contributed by atoms with E-state index in [9.17, 15) is 24.6 Å². The van der Waals surface area contributed by atoms with Crippen LogP contribution in [0.15, 0.2) is 12.1 Å². The van der Waals surface area contributed by atoms with Crippen LogP contribution in [-0.2, 0) is 40.1 Å². The third kappa shape index (κ3) is 2.85. The molecular formula is C29H29N2O5+. The van der Waals surface area contributed by atoms with Crippen molar-refractivity contribution >= 4 is 28.6 Å². The first-order valence-electron chi connectivity index (χ1n) is 13.2. The molecule has 0 aromatic heterocycles. The van der Waals surface area contributed by atoms with Crippen molar-refractivity contribution in [1.29, 1.82) is 0 Å². The first-order valence-corrected chi connectivity index (χ1v) is 13.2. The number of nitrogens with zero attached hydrogens (tertiary/aromatic N) is 2. The summed E-state index contributed by atoms with van der Waals surface area (Å²) in [7, 11) is 0. The zero-order chi connectivity index (χ0) is 24.7. The fourth-order valence-corrected chi connectivity index (χ4v) is 7.29. The lowest BCUT2D eigenvalue weighted by molar-refractivity contribution is -0.133. The molecule has 4 heterocycles. The van der Waals surface area contributed by atoms with E-state index in [4.69, 9.17) is 0 Å². The second kappa shape index (κ2) is 7.76. The maximum Gasteiger partial charge on any atom is 0.234 e. The standard InChI is InChI=1S/C29H28N2O5/c32-25-17-7-3-11-30-9-1-5-15(23(17)30)13-19(25)21-27(34)22(29(36)28(21)35)20-14-16-6-2-10-31-12-4-8-18(24(16)31)26(20)33/h13-14,21,32H,1-12H2/p+1/b22-20-. The molecule has 1 saturated carbocycles. The van der Waals surface area contributed by atoms with Crippen LogP contribution in [0.2, 0.25) is 0 Å². The van der Waals surface area contributed by atoms with Crippen molar-refractivity contribution in [3.05, 3.63) is 50.5 Å². The minimum Gasteiger partial charge on any atom is -0.507 e. The molecule has 2 aromatic rings. The third-order valence-corrected chi connectivity index (χ3v) is 8.82. The van der Waals surface area contributed by atoms with Gasteiger partial charge in [-0.25, -0.2) is 4.58 Å². The van der Waals surface area contributed by atoms with Gasteiger partial charge in [0.1, 0.15) is 30.5 Å². The van der Waals surface area contributed by atoms with Crippen LogP contribution in [-0.4, -0.2) is 53.7 Å². The highest BCUT2D eigenvalue weighted by Gasteiger charge is 2.48. The Morgan fingerprint density at radius 2 is 1.47 bits per heavy atom. The first kappa shape index (κ1) is 21.8. The van der Waals surface area contributed by atoms with Gasteiger partial charge in [-0.3, -0.25) is 14.4 Å². The van der Waals surface area contributed by atoms with Gasteiger partial charge in [-0.2, -0.15) is 0 Å². The summed E-state index contributed by atoms with van der Waals surface area (Å²) in [6.07, 6.45) is 6.73. The van der Waals surface area contributed by atoms with Crippen LogP contribution in [0.25, 0.3) is 5.57 Å². The Kier molecular flexibility index (Phi) is 4.69. The van der Waals surface area contributed by atoms with Gasteiger partial charge in [0, 0.05) is 53.5 Å². The SMILES string of the molecule is O=C1C(=O)C(c2cc3c4c(c2O)CCCN4CCC3)C(=O)/C1=c1\cc2c3c(c1O)CCC[N+]=3CCC2. The number of anilines is 1. The van der Waals surface area contributed by atoms with E-state index in [0.29, 0.717) is 12.8 Å². The molecule has 1 aliphatic carbocycles. The van der Waals surface area contributed by atoms with Gasteiger partial charge in [-0.1, -0.05) is 0 Å². The Hall–Kier alpha value is -3.48. The van der Waals surface area contributed by atoms with Crippen LogP contribution < -0.4 is 20.1 Å². The first-order chi connectivity index (χ1) is 17.5. The number of aryl methyl sites for hydroxylation is 2. The van der Waals surface area contributed by atoms with Gasteiger partial charge in [0.25, 0.3) is 0 Å². The van der Waals surface area contributed by atoms with Crippen LogP contribution in [0, 0.1) is 0 Å². The highest BCUT2D eigenvalue weighted by Crippen LogP contribution is 2.46. The minimum absolute atomic E-state index is 0.0264. The maximum atomic E-state index is 13.8. The van der Waals surface area contributed by atoms with Crippen molar-refractivity contribution < 1.29 is 24.6 Å². The molecule has 4 aliphatic heterocycles. The number of aromatic hydroxyl groups is 2. The Balaban J connectivity index is 1.43. The van der Waals surface area contributed by atoms with Gasteiger partial charge in [0.15, 0.2) is 5.78 Å². The lowest BCUT2D eigenvalue weighted by atomic mass is 9.84. The van der Waals surface area contributed by atoms with E-state index >= 15 is 0 Å². The van der Waals surface area contributed by atoms with E-state index in [0.717, 1.165) is 98.0 Å². The highest BCUT2D eigenvalue weighted by atomic mass is 16.3. The molecule has 0 bridgehead atoms. The molecule has 0 radical (unpaired) electrons. The van der Waals surface area contributed by atoms with Gasteiger partial charge in [0.2, 0.25) is 16.9 Å². The molecule has 1 fully saturated rings. The minimum atomic E-state index is -1.35. The fourth-order valence-electron chi connectivity index (χ4n) is 7.29. The Labute approximate surface area is 208 Å². The van der Waals surface area contributed by atoms with Crippen LogP contribution in [0.1, 0.15) is 59.4 Å². The number of rotatable bonds is 1. The van der Waals surface area contributed by atoms with Gasteiger partial charge in [-0.05, 0) is 56.2 Å². The molecule has 2 N–H and O–H groups in total. The molecule has 0 saturated heterocycles. The summed E-state index contributed by atoms with van der Waals surface area (Å²) < 4.78 is 2.28. The van der Waals surface area contributed by atoms with Gasteiger partial charge < -0.3 is 15.1 Å². The average Bonchev–Trinajstić information content (AvgIpc) is 3.11. The van der Waals surface area contributed by atoms with E-state index in [1.807, 2.05) is 0 Å². The van der Waals surface area contributed by atoms with Crippen molar-refractivity contribution in [3.63, 3.8) is 0 Å². The van der Waals surface area contributed by atoms with E-state index in [1.165, 1.54) is 0 Å². The number of hydrogen-bond acceptors (Lipinski definition) is 6. The van der Waals surface area contributed by atoms with Gasteiger partial charge in [-0.15, -0.1) is 0 Å². The molecule has 184 valence electrons. The summed E-state index contributed by atoms with van der Waals surface area (Å²) in [4.78, 5) is 42.7. The number of Topliss-reactive ketones (excluding diaryl/α,β-unsaturated/α-hetero) is 3. The average molecular weight is 486 g/mol. The highest BCUT2D eigenvalue weighted by molar-refractivity contribution is 6.72. The predicted molar refractivity (Wildman–Crippen MR) is 133 cm³/mol. The number of ketones is 3. The van der Waals surface area contributed by atoms with Crippen LogP contribution in [0.5, 0.6) is 11.5 Å². The molecule has 1 unspecified atom stereocenters. The topological polar surface area (TPSA) is 97.9 Å². The Morgan fingerprint density at radius 3 is 2.28 bits per heavy atom. The molecule has 5 aliphatic rings. The van der Waals surface area contributed by atoms with Crippen molar-refractivity contribution in [2.24, 2.45) is 0 Å². The van der Waals surface area contributed by atoms with E-state index < -0.39 is 23.3 Å². The number of hydrogen-bond donors (Lipinski definition) is 2. The molecule has 1 atom stereocenters. The molecule has 7 nitrogen and oxygen atoms in total. The summed E-state index contributed by atoms with van der Waals surface area (Å²) in [5.74, 6) is -3.71. The van der Waals surface area contributed by atoms with Crippen molar-refractivity contribution in [2.45, 2.75) is 57.3 Å².